The molecule has 3 N–H and O–H groups in total. The van der Waals surface area contributed by atoms with Crippen LogP contribution in [0.15, 0.2) is 24.3 Å². The smallest absolute Gasteiger partial charge is 0.0449 e. The second-order valence-corrected chi connectivity index (χ2v) is 2.98. The zero-order chi connectivity index (χ0) is 8.97. The molecule has 0 aliphatic carbocycles. The van der Waals surface area contributed by atoms with Crippen LogP contribution in [0, 0.1) is 6.92 Å². The van der Waals surface area contributed by atoms with Gasteiger partial charge in [-0.05, 0) is 24.5 Å². The lowest BCUT2D eigenvalue weighted by Gasteiger charge is -2.12. The molecule has 1 aromatic rings. The Morgan fingerprint density at radius 2 is 2.00 bits per heavy atom. The van der Waals surface area contributed by atoms with Crippen LogP contribution < -0.4 is 5.73 Å². The van der Waals surface area contributed by atoms with Gasteiger partial charge in [0.2, 0.25) is 0 Å². The van der Waals surface area contributed by atoms with Gasteiger partial charge in [-0.25, -0.2) is 0 Å². The van der Waals surface area contributed by atoms with Crippen molar-refractivity contribution < 1.29 is 5.11 Å². The highest BCUT2D eigenvalue weighted by atomic mass is 35.5. The molecule has 0 aromatic heterocycles. The van der Waals surface area contributed by atoms with E-state index >= 15 is 0 Å². The molecule has 2 nitrogen and oxygen atoms in total. The van der Waals surface area contributed by atoms with Crippen molar-refractivity contribution in [2.45, 2.75) is 19.4 Å². The molecule has 0 amide bonds. The number of benzene rings is 1. The Labute approximate surface area is 85.2 Å². The van der Waals surface area contributed by atoms with Gasteiger partial charge in [0.05, 0.1) is 0 Å². The molecule has 1 atom stereocenters. The third kappa shape index (κ3) is 3.35. The number of rotatable bonds is 3. The van der Waals surface area contributed by atoms with Crippen LogP contribution >= 0.6 is 12.4 Å². The van der Waals surface area contributed by atoms with Gasteiger partial charge in [0, 0.05) is 12.6 Å². The Balaban J connectivity index is 0.00000144. The summed E-state index contributed by atoms with van der Waals surface area (Å²) in [5, 5.41) is 8.71. The summed E-state index contributed by atoms with van der Waals surface area (Å²) in [6.07, 6.45) is 0.630. The minimum atomic E-state index is -0.0313. The second kappa shape index (κ2) is 5.97. The van der Waals surface area contributed by atoms with E-state index in [9.17, 15) is 0 Å². The van der Waals surface area contributed by atoms with Gasteiger partial charge in [-0.3, -0.25) is 0 Å². The summed E-state index contributed by atoms with van der Waals surface area (Å²) in [6.45, 7) is 2.18. The molecule has 0 fully saturated rings. The number of aryl methyl sites for hydroxylation is 1. The van der Waals surface area contributed by atoms with Gasteiger partial charge in [0.1, 0.15) is 0 Å². The molecular formula is C10H16ClNO. The molecule has 1 rings (SSSR count). The van der Waals surface area contributed by atoms with Crippen molar-refractivity contribution in [2.24, 2.45) is 5.73 Å². The van der Waals surface area contributed by atoms with Crippen LogP contribution in [0.3, 0.4) is 0 Å². The van der Waals surface area contributed by atoms with Crippen molar-refractivity contribution in [2.75, 3.05) is 6.61 Å². The van der Waals surface area contributed by atoms with Crippen LogP contribution in [0.4, 0.5) is 0 Å². The van der Waals surface area contributed by atoms with Gasteiger partial charge < -0.3 is 10.8 Å². The van der Waals surface area contributed by atoms with E-state index in [1.807, 2.05) is 31.2 Å². The Kier molecular flexibility index (Phi) is 5.71. The minimum Gasteiger partial charge on any atom is -0.396 e. The maximum Gasteiger partial charge on any atom is 0.0449 e. The average Bonchev–Trinajstić information content (AvgIpc) is 2.05. The fourth-order valence-electron chi connectivity index (χ4n) is 1.30. The predicted octanol–water partition coefficient (Wildman–Crippen LogP) is 1.80. The van der Waals surface area contributed by atoms with E-state index in [1.165, 1.54) is 5.56 Å². The van der Waals surface area contributed by atoms with E-state index in [-0.39, 0.29) is 25.1 Å². The highest BCUT2D eigenvalue weighted by Crippen LogP contribution is 2.17. The molecule has 0 bridgehead atoms. The normalized spacial score (nSPS) is 11.9. The summed E-state index contributed by atoms with van der Waals surface area (Å²) in [4.78, 5) is 0. The molecule has 13 heavy (non-hydrogen) atoms. The summed E-state index contributed by atoms with van der Waals surface area (Å²) in [6, 6.07) is 7.97. The van der Waals surface area contributed by atoms with Crippen molar-refractivity contribution in [3.8, 4) is 0 Å². The molecule has 3 heteroatoms. The number of halogens is 1. The predicted molar refractivity (Wildman–Crippen MR) is 57.1 cm³/mol. The molecule has 0 unspecified atom stereocenters. The number of aliphatic hydroxyl groups is 1. The first-order valence-corrected chi connectivity index (χ1v) is 4.17. The van der Waals surface area contributed by atoms with Crippen LogP contribution in [0.2, 0.25) is 0 Å². The van der Waals surface area contributed by atoms with Crippen LogP contribution in [-0.2, 0) is 0 Å². The largest absolute Gasteiger partial charge is 0.396 e. The molecule has 0 aliphatic heterocycles. The van der Waals surface area contributed by atoms with Crippen molar-refractivity contribution in [1.82, 2.24) is 0 Å². The molecular weight excluding hydrogens is 186 g/mol. The lowest BCUT2D eigenvalue weighted by Crippen LogP contribution is -2.12. The summed E-state index contributed by atoms with van der Waals surface area (Å²) >= 11 is 0. The first-order valence-electron chi connectivity index (χ1n) is 4.17. The van der Waals surface area contributed by atoms with E-state index in [1.54, 1.807) is 0 Å². The molecule has 0 heterocycles. The average molecular weight is 202 g/mol. The van der Waals surface area contributed by atoms with Gasteiger partial charge in [-0.2, -0.15) is 0 Å². The standard InChI is InChI=1S/C10H15NO.ClH/c1-8-4-2-3-5-9(8)10(11)6-7-12;/h2-5,10,12H,6-7,11H2,1H3;1H/t10-;/m0./s1. The van der Waals surface area contributed by atoms with Crippen LogP contribution in [0.25, 0.3) is 0 Å². The van der Waals surface area contributed by atoms with E-state index in [4.69, 9.17) is 10.8 Å². The Bertz CT molecular complexity index is 252. The van der Waals surface area contributed by atoms with E-state index in [0.29, 0.717) is 6.42 Å². The van der Waals surface area contributed by atoms with Gasteiger partial charge in [-0.1, -0.05) is 24.3 Å². The fraction of sp³-hybridized carbons (Fsp3) is 0.400. The zero-order valence-electron chi connectivity index (χ0n) is 7.73. The Morgan fingerprint density at radius 3 is 2.54 bits per heavy atom. The second-order valence-electron chi connectivity index (χ2n) is 2.98. The maximum atomic E-state index is 8.71. The lowest BCUT2D eigenvalue weighted by atomic mass is 10.0. The van der Waals surface area contributed by atoms with Crippen molar-refractivity contribution in [1.29, 1.82) is 0 Å². The third-order valence-corrected chi connectivity index (χ3v) is 2.03. The molecule has 0 saturated carbocycles. The number of hydrogen-bond donors (Lipinski definition) is 2. The Hall–Kier alpha value is -0.570. The molecule has 0 aliphatic rings. The number of hydrogen-bond acceptors (Lipinski definition) is 2. The highest BCUT2D eigenvalue weighted by Gasteiger charge is 2.06. The molecule has 74 valence electrons. The van der Waals surface area contributed by atoms with E-state index < -0.39 is 0 Å². The summed E-state index contributed by atoms with van der Waals surface area (Å²) in [5.41, 5.74) is 8.17. The molecule has 0 radical (unpaired) electrons. The summed E-state index contributed by atoms with van der Waals surface area (Å²) < 4.78 is 0. The fourth-order valence-corrected chi connectivity index (χ4v) is 1.30. The summed E-state index contributed by atoms with van der Waals surface area (Å²) in [5.74, 6) is 0. The first-order chi connectivity index (χ1) is 5.75. The van der Waals surface area contributed by atoms with Crippen LogP contribution in [0.5, 0.6) is 0 Å². The van der Waals surface area contributed by atoms with Gasteiger partial charge >= 0.3 is 0 Å². The van der Waals surface area contributed by atoms with Crippen molar-refractivity contribution in [3.63, 3.8) is 0 Å². The Morgan fingerprint density at radius 1 is 1.38 bits per heavy atom. The monoisotopic (exact) mass is 201 g/mol. The lowest BCUT2D eigenvalue weighted by molar-refractivity contribution is 0.276. The van der Waals surface area contributed by atoms with Gasteiger partial charge in [-0.15, -0.1) is 12.4 Å². The SMILES string of the molecule is Cc1ccccc1[C@@H](N)CCO.Cl. The van der Waals surface area contributed by atoms with Crippen LogP contribution in [0.1, 0.15) is 23.6 Å². The minimum absolute atomic E-state index is 0. The zero-order valence-corrected chi connectivity index (χ0v) is 8.55. The maximum absolute atomic E-state index is 8.71. The quantitative estimate of drug-likeness (QED) is 0.784. The molecule has 1 aromatic carbocycles. The van der Waals surface area contributed by atoms with Crippen molar-refractivity contribution >= 4 is 12.4 Å². The van der Waals surface area contributed by atoms with Gasteiger partial charge in [0.25, 0.3) is 0 Å². The van der Waals surface area contributed by atoms with E-state index in [2.05, 4.69) is 0 Å². The van der Waals surface area contributed by atoms with E-state index in [0.717, 1.165) is 5.56 Å². The molecule has 0 spiro atoms. The van der Waals surface area contributed by atoms with Gasteiger partial charge in [0.15, 0.2) is 0 Å². The van der Waals surface area contributed by atoms with Crippen LogP contribution in [-0.4, -0.2) is 11.7 Å². The first kappa shape index (κ1) is 12.4. The number of aliphatic hydroxyl groups excluding tert-OH is 1. The summed E-state index contributed by atoms with van der Waals surface area (Å²) in [7, 11) is 0. The molecule has 0 saturated heterocycles. The third-order valence-electron chi connectivity index (χ3n) is 2.03. The topological polar surface area (TPSA) is 46.2 Å². The van der Waals surface area contributed by atoms with Crippen molar-refractivity contribution in [3.05, 3.63) is 35.4 Å². The highest BCUT2D eigenvalue weighted by molar-refractivity contribution is 5.85. The number of nitrogens with two attached hydrogens (primary N) is 1.